The quantitative estimate of drug-likeness (QED) is 0.705. The van der Waals surface area contributed by atoms with Crippen molar-refractivity contribution in [3.8, 4) is 0 Å². The second-order valence-electron chi connectivity index (χ2n) is 6.42. The summed E-state index contributed by atoms with van der Waals surface area (Å²) in [6.45, 7) is 9.92. The van der Waals surface area contributed by atoms with Crippen LogP contribution in [0.2, 0.25) is 0 Å². The molecule has 0 aromatic heterocycles. The highest BCUT2D eigenvalue weighted by Crippen LogP contribution is 2.16. The minimum Gasteiger partial charge on any atom is -0.394 e. The molecule has 0 aromatic carbocycles. The third-order valence-electron chi connectivity index (χ3n) is 3.98. The molecular formula is C15H32N2O2. The van der Waals surface area contributed by atoms with E-state index in [1.54, 1.807) is 0 Å². The van der Waals surface area contributed by atoms with E-state index in [1.807, 2.05) is 7.11 Å². The maximum Gasteiger partial charge on any atom is 0.0698 e. The topological polar surface area (TPSA) is 44.7 Å². The molecule has 1 aliphatic rings. The van der Waals surface area contributed by atoms with Crippen molar-refractivity contribution in [2.45, 2.75) is 64.1 Å². The number of rotatable bonds is 8. The van der Waals surface area contributed by atoms with E-state index in [4.69, 9.17) is 4.74 Å². The normalized spacial score (nSPS) is 24.6. The molecule has 0 aromatic rings. The van der Waals surface area contributed by atoms with Crippen LogP contribution in [0.15, 0.2) is 0 Å². The molecule has 0 spiro atoms. The average Bonchev–Trinajstić information content (AvgIpc) is 2.38. The number of piperidine rings is 1. The van der Waals surface area contributed by atoms with Crippen molar-refractivity contribution in [2.75, 3.05) is 33.4 Å². The van der Waals surface area contributed by atoms with Crippen LogP contribution < -0.4 is 5.32 Å². The first-order valence-corrected chi connectivity index (χ1v) is 7.63. The van der Waals surface area contributed by atoms with Gasteiger partial charge in [-0.3, -0.25) is 0 Å². The SMILES string of the molecule is COC1CCCN(CCCC(C)(CO)NC(C)C)C1. The Hall–Kier alpha value is -0.160. The van der Waals surface area contributed by atoms with Crippen molar-refractivity contribution in [2.24, 2.45) is 0 Å². The molecular weight excluding hydrogens is 240 g/mol. The van der Waals surface area contributed by atoms with E-state index in [0.29, 0.717) is 12.1 Å². The van der Waals surface area contributed by atoms with Gasteiger partial charge in [-0.15, -0.1) is 0 Å². The van der Waals surface area contributed by atoms with E-state index in [0.717, 1.165) is 25.9 Å². The van der Waals surface area contributed by atoms with Crippen LogP contribution in [0.3, 0.4) is 0 Å². The number of hydrogen-bond donors (Lipinski definition) is 2. The number of likely N-dealkylation sites (tertiary alicyclic amines) is 1. The predicted octanol–water partition coefficient (Wildman–Crippen LogP) is 1.63. The average molecular weight is 272 g/mol. The number of methoxy groups -OCH3 is 1. The number of aliphatic hydroxyl groups excluding tert-OH is 1. The van der Waals surface area contributed by atoms with Gasteiger partial charge in [0.15, 0.2) is 0 Å². The van der Waals surface area contributed by atoms with E-state index in [2.05, 4.69) is 31.0 Å². The standard InChI is InChI=1S/C15H32N2O2/c1-13(2)16-15(3,12-18)8-6-10-17-9-5-7-14(11-17)19-4/h13-14,16,18H,5-12H2,1-4H3. The Balaban J connectivity index is 2.28. The smallest absolute Gasteiger partial charge is 0.0698 e. The lowest BCUT2D eigenvalue weighted by Crippen LogP contribution is -2.49. The van der Waals surface area contributed by atoms with Crippen LogP contribution in [-0.4, -0.2) is 61.0 Å². The molecule has 1 fully saturated rings. The molecule has 0 amide bonds. The summed E-state index contributed by atoms with van der Waals surface area (Å²) >= 11 is 0. The Labute approximate surface area is 118 Å². The van der Waals surface area contributed by atoms with Crippen molar-refractivity contribution in [3.05, 3.63) is 0 Å². The number of ether oxygens (including phenoxy) is 1. The molecule has 0 bridgehead atoms. The second kappa shape index (κ2) is 8.20. The van der Waals surface area contributed by atoms with Crippen LogP contribution in [0.1, 0.15) is 46.5 Å². The monoisotopic (exact) mass is 272 g/mol. The Kier molecular flexibility index (Phi) is 7.29. The molecule has 2 atom stereocenters. The summed E-state index contributed by atoms with van der Waals surface area (Å²) in [5.41, 5.74) is -0.148. The van der Waals surface area contributed by atoms with Gasteiger partial charge >= 0.3 is 0 Å². The highest BCUT2D eigenvalue weighted by atomic mass is 16.5. The third-order valence-corrected chi connectivity index (χ3v) is 3.98. The Bertz CT molecular complexity index is 248. The molecule has 2 N–H and O–H groups in total. The van der Waals surface area contributed by atoms with Crippen LogP contribution in [0, 0.1) is 0 Å². The lowest BCUT2D eigenvalue weighted by atomic mass is 9.95. The second-order valence-corrected chi connectivity index (χ2v) is 6.42. The van der Waals surface area contributed by atoms with E-state index >= 15 is 0 Å². The minimum atomic E-state index is -0.148. The van der Waals surface area contributed by atoms with Crippen molar-refractivity contribution < 1.29 is 9.84 Å². The minimum absolute atomic E-state index is 0.148. The fraction of sp³-hybridized carbons (Fsp3) is 1.00. The molecule has 0 radical (unpaired) electrons. The maximum atomic E-state index is 9.56. The third kappa shape index (κ3) is 6.21. The van der Waals surface area contributed by atoms with E-state index in [9.17, 15) is 5.11 Å². The summed E-state index contributed by atoms with van der Waals surface area (Å²) in [6, 6.07) is 0.407. The van der Waals surface area contributed by atoms with Gasteiger partial charge in [0.05, 0.1) is 12.7 Å². The number of nitrogens with one attached hydrogen (secondary N) is 1. The highest BCUT2D eigenvalue weighted by Gasteiger charge is 2.24. The van der Waals surface area contributed by atoms with Crippen molar-refractivity contribution >= 4 is 0 Å². The van der Waals surface area contributed by atoms with E-state index in [1.165, 1.54) is 19.4 Å². The summed E-state index contributed by atoms with van der Waals surface area (Å²) in [6.07, 6.45) is 4.96. The van der Waals surface area contributed by atoms with Crippen molar-refractivity contribution in [1.82, 2.24) is 10.2 Å². The van der Waals surface area contributed by atoms with Gasteiger partial charge in [-0.1, -0.05) is 13.8 Å². The highest BCUT2D eigenvalue weighted by molar-refractivity contribution is 4.84. The van der Waals surface area contributed by atoms with Crippen molar-refractivity contribution in [1.29, 1.82) is 0 Å². The lowest BCUT2D eigenvalue weighted by Gasteiger charge is -2.34. The molecule has 1 heterocycles. The summed E-state index contributed by atoms with van der Waals surface area (Å²) < 4.78 is 5.45. The zero-order chi connectivity index (χ0) is 14.3. The number of aliphatic hydroxyl groups is 1. The van der Waals surface area contributed by atoms with Crippen LogP contribution in [0.4, 0.5) is 0 Å². The summed E-state index contributed by atoms with van der Waals surface area (Å²) in [7, 11) is 1.81. The Morgan fingerprint density at radius 1 is 1.47 bits per heavy atom. The zero-order valence-electron chi connectivity index (χ0n) is 13.1. The van der Waals surface area contributed by atoms with Gasteiger partial charge in [0, 0.05) is 25.2 Å². The molecule has 1 aliphatic heterocycles. The van der Waals surface area contributed by atoms with Gasteiger partial charge in [0.1, 0.15) is 0 Å². The van der Waals surface area contributed by atoms with Crippen LogP contribution >= 0.6 is 0 Å². The van der Waals surface area contributed by atoms with Crippen molar-refractivity contribution in [3.63, 3.8) is 0 Å². The Morgan fingerprint density at radius 2 is 2.21 bits per heavy atom. The summed E-state index contributed by atoms with van der Waals surface area (Å²) in [5, 5.41) is 13.0. The Morgan fingerprint density at radius 3 is 2.79 bits per heavy atom. The molecule has 114 valence electrons. The number of nitrogens with zero attached hydrogens (tertiary/aromatic N) is 1. The van der Waals surface area contributed by atoms with Crippen LogP contribution in [0.25, 0.3) is 0 Å². The zero-order valence-corrected chi connectivity index (χ0v) is 13.1. The first-order valence-electron chi connectivity index (χ1n) is 7.63. The van der Waals surface area contributed by atoms with Gasteiger partial charge < -0.3 is 20.1 Å². The molecule has 2 unspecified atom stereocenters. The fourth-order valence-corrected chi connectivity index (χ4v) is 3.00. The van der Waals surface area contributed by atoms with Gasteiger partial charge in [0.2, 0.25) is 0 Å². The van der Waals surface area contributed by atoms with Gasteiger partial charge in [-0.05, 0) is 45.7 Å². The lowest BCUT2D eigenvalue weighted by molar-refractivity contribution is 0.0296. The van der Waals surface area contributed by atoms with Gasteiger partial charge in [0.25, 0.3) is 0 Å². The largest absolute Gasteiger partial charge is 0.394 e. The van der Waals surface area contributed by atoms with E-state index in [-0.39, 0.29) is 12.1 Å². The molecule has 1 rings (SSSR count). The number of hydrogen-bond acceptors (Lipinski definition) is 4. The maximum absolute atomic E-state index is 9.56. The summed E-state index contributed by atoms with van der Waals surface area (Å²) in [5.74, 6) is 0. The predicted molar refractivity (Wildman–Crippen MR) is 79.5 cm³/mol. The van der Waals surface area contributed by atoms with Crippen LogP contribution in [0.5, 0.6) is 0 Å². The van der Waals surface area contributed by atoms with E-state index < -0.39 is 0 Å². The van der Waals surface area contributed by atoms with Crippen LogP contribution in [-0.2, 0) is 4.74 Å². The first-order chi connectivity index (χ1) is 8.99. The fourth-order valence-electron chi connectivity index (χ4n) is 3.00. The van der Waals surface area contributed by atoms with Gasteiger partial charge in [-0.25, -0.2) is 0 Å². The first kappa shape index (κ1) is 16.9. The molecule has 1 saturated heterocycles. The molecule has 4 nitrogen and oxygen atoms in total. The summed E-state index contributed by atoms with van der Waals surface area (Å²) in [4.78, 5) is 2.49. The molecule has 19 heavy (non-hydrogen) atoms. The van der Waals surface area contributed by atoms with Gasteiger partial charge in [-0.2, -0.15) is 0 Å². The molecule has 0 saturated carbocycles. The molecule has 4 heteroatoms. The molecule has 0 aliphatic carbocycles.